The molecule has 0 saturated carbocycles. The molecule has 0 rings (SSSR count). The number of carbonyl (C=O) groups excluding carboxylic acids is 1. The lowest BCUT2D eigenvalue weighted by Crippen LogP contribution is -1.95. The maximum Gasteiger partial charge on any atom is 0.165 e. The Kier molecular flexibility index (Phi) is 4.26. The van der Waals surface area contributed by atoms with E-state index in [0.717, 1.165) is 0 Å². The summed E-state index contributed by atoms with van der Waals surface area (Å²) in [6, 6.07) is 0. The van der Waals surface area contributed by atoms with Gasteiger partial charge in [-0.05, 0) is 7.05 Å². The first-order valence-electron chi connectivity index (χ1n) is 2.26. The van der Waals surface area contributed by atoms with Gasteiger partial charge in [-0.15, -0.1) is 0 Å². The standard InChI is InChI=1S/C4H10NOP/c1-3-4(6)7-5-2/h5,7H,3H2,1-2H3. The van der Waals surface area contributed by atoms with Crippen LogP contribution in [-0.2, 0) is 4.79 Å². The number of nitrogens with one attached hydrogen (secondary N) is 1. The van der Waals surface area contributed by atoms with Crippen LogP contribution in [-0.4, -0.2) is 12.6 Å². The summed E-state index contributed by atoms with van der Waals surface area (Å²) in [7, 11) is 2.08. The average Bonchev–Trinajstić information content (AvgIpc) is 1.68. The molecule has 0 amide bonds. The largest absolute Gasteiger partial charge is 0.295 e. The molecule has 1 unspecified atom stereocenters. The fourth-order valence-corrected chi connectivity index (χ4v) is 0.683. The lowest BCUT2D eigenvalue weighted by molar-refractivity contribution is -0.111. The monoisotopic (exact) mass is 119 g/mol. The maximum atomic E-state index is 10.4. The first kappa shape index (κ1) is 7.06. The molecule has 0 radical (unpaired) electrons. The molecule has 7 heavy (non-hydrogen) atoms. The molecule has 0 saturated heterocycles. The van der Waals surface area contributed by atoms with Gasteiger partial charge in [0, 0.05) is 15.2 Å². The third-order valence-corrected chi connectivity index (χ3v) is 1.47. The minimum absolute atomic E-state index is 0.294. The quantitative estimate of drug-likeness (QED) is 0.555. The van der Waals surface area contributed by atoms with Gasteiger partial charge < -0.3 is 0 Å². The lowest BCUT2D eigenvalue weighted by atomic mass is 10.6. The minimum Gasteiger partial charge on any atom is -0.295 e. The third-order valence-electron chi connectivity index (χ3n) is 0.586. The van der Waals surface area contributed by atoms with Crippen molar-refractivity contribution in [2.45, 2.75) is 13.3 Å². The van der Waals surface area contributed by atoms with E-state index in [0.29, 0.717) is 20.7 Å². The van der Waals surface area contributed by atoms with Crippen LogP contribution >= 0.6 is 8.73 Å². The summed E-state index contributed by atoms with van der Waals surface area (Å²) >= 11 is 0. The van der Waals surface area contributed by atoms with E-state index in [1.807, 2.05) is 6.92 Å². The van der Waals surface area contributed by atoms with Crippen molar-refractivity contribution < 1.29 is 4.79 Å². The first-order valence-corrected chi connectivity index (χ1v) is 3.26. The Balaban J connectivity index is 3.00. The molecule has 1 N–H and O–H groups in total. The summed E-state index contributed by atoms with van der Waals surface area (Å²) < 4.78 is 0. The topological polar surface area (TPSA) is 29.1 Å². The fraction of sp³-hybridized carbons (Fsp3) is 0.750. The average molecular weight is 119 g/mol. The van der Waals surface area contributed by atoms with Gasteiger partial charge in [-0.1, -0.05) is 6.92 Å². The molecule has 0 aromatic heterocycles. The van der Waals surface area contributed by atoms with Crippen LogP contribution < -0.4 is 5.09 Å². The summed E-state index contributed by atoms with van der Waals surface area (Å²) in [4.78, 5) is 10.4. The van der Waals surface area contributed by atoms with E-state index in [1.54, 1.807) is 7.05 Å². The van der Waals surface area contributed by atoms with Crippen molar-refractivity contribution in [3.63, 3.8) is 0 Å². The zero-order valence-corrected chi connectivity index (χ0v) is 5.62. The van der Waals surface area contributed by atoms with Gasteiger partial charge >= 0.3 is 0 Å². The highest BCUT2D eigenvalue weighted by Gasteiger charge is 1.90. The van der Waals surface area contributed by atoms with Gasteiger partial charge in [0.1, 0.15) is 0 Å². The predicted octanol–water partition coefficient (Wildman–Crippen LogP) is 0.736. The second-order valence-electron chi connectivity index (χ2n) is 1.15. The summed E-state index contributed by atoms with van der Waals surface area (Å²) in [6.45, 7) is 1.87. The van der Waals surface area contributed by atoms with Crippen molar-refractivity contribution in [1.29, 1.82) is 0 Å². The van der Waals surface area contributed by atoms with Gasteiger partial charge in [-0.2, -0.15) is 0 Å². The molecule has 3 heteroatoms. The van der Waals surface area contributed by atoms with Crippen LogP contribution in [0.15, 0.2) is 0 Å². The van der Waals surface area contributed by atoms with Crippen LogP contribution in [0.2, 0.25) is 0 Å². The molecule has 0 bridgehead atoms. The van der Waals surface area contributed by atoms with E-state index in [-0.39, 0.29) is 0 Å². The molecule has 0 fully saturated rings. The molecule has 0 aliphatic heterocycles. The smallest absolute Gasteiger partial charge is 0.165 e. The van der Waals surface area contributed by atoms with E-state index in [9.17, 15) is 4.79 Å². The van der Waals surface area contributed by atoms with Crippen molar-refractivity contribution in [3.8, 4) is 0 Å². The van der Waals surface area contributed by atoms with Crippen LogP contribution in [0.1, 0.15) is 13.3 Å². The van der Waals surface area contributed by atoms with E-state index in [1.165, 1.54) is 0 Å². The molecule has 0 spiro atoms. The molecule has 2 nitrogen and oxygen atoms in total. The summed E-state index contributed by atoms with van der Waals surface area (Å²) in [5.41, 5.74) is 0.294. The zero-order valence-electron chi connectivity index (χ0n) is 4.62. The highest BCUT2D eigenvalue weighted by molar-refractivity contribution is 7.55. The minimum atomic E-state index is 0.294. The Morgan fingerprint density at radius 1 is 1.86 bits per heavy atom. The Hall–Kier alpha value is 0.0600. The van der Waals surface area contributed by atoms with Crippen molar-refractivity contribution >= 4 is 14.3 Å². The normalized spacial score (nSPS) is 10.6. The molecule has 1 atom stereocenters. The summed E-state index contributed by atoms with van der Waals surface area (Å²) in [6.07, 6.45) is 0.652. The van der Waals surface area contributed by atoms with Gasteiger partial charge in [0.25, 0.3) is 0 Å². The molecular formula is C4H10NOP. The van der Waals surface area contributed by atoms with Gasteiger partial charge in [0.05, 0.1) is 0 Å². The van der Waals surface area contributed by atoms with Crippen LogP contribution in [0.4, 0.5) is 0 Å². The molecule has 0 aliphatic carbocycles. The highest BCUT2D eigenvalue weighted by Crippen LogP contribution is 2.04. The molecule has 0 heterocycles. The number of hydrogen-bond acceptors (Lipinski definition) is 2. The maximum absolute atomic E-state index is 10.4. The zero-order chi connectivity index (χ0) is 5.70. The first-order chi connectivity index (χ1) is 3.31. The summed E-state index contributed by atoms with van der Waals surface area (Å²) in [5.74, 6) is 0. The van der Waals surface area contributed by atoms with E-state index in [4.69, 9.17) is 0 Å². The van der Waals surface area contributed by atoms with Crippen molar-refractivity contribution in [2.24, 2.45) is 0 Å². The Morgan fingerprint density at radius 3 is 2.57 bits per heavy atom. The van der Waals surface area contributed by atoms with Gasteiger partial charge in [-0.3, -0.25) is 9.88 Å². The molecule has 0 aliphatic rings. The van der Waals surface area contributed by atoms with Crippen LogP contribution in [0.3, 0.4) is 0 Å². The fourth-order valence-electron chi connectivity index (χ4n) is 0.228. The van der Waals surface area contributed by atoms with Gasteiger partial charge in [-0.25, -0.2) is 0 Å². The molecule has 0 aromatic rings. The second kappa shape index (κ2) is 4.23. The van der Waals surface area contributed by atoms with Crippen molar-refractivity contribution in [1.82, 2.24) is 5.09 Å². The second-order valence-corrected chi connectivity index (χ2v) is 2.46. The molecule has 0 aromatic carbocycles. The highest BCUT2D eigenvalue weighted by atomic mass is 31.1. The number of hydrogen-bond donors (Lipinski definition) is 1. The Morgan fingerprint density at radius 2 is 2.43 bits per heavy atom. The van der Waals surface area contributed by atoms with Crippen molar-refractivity contribution in [2.75, 3.05) is 7.05 Å². The van der Waals surface area contributed by atoms with Crippen LogP contribution in [0.25, 0.3) is 0 Å². The van der Waals surface area contributed by atoms with Crippen LogP contribution in [0.5, 0.6) is 0 Å². The third kappa shape index (κ3) is 3.90. The van der Waals surface area contributed by atoms with Crippen LogP contribution in [0, 0.1) is 0 Å². The lowest BCUT2D eigenvalue weighted by Gasteiger charge is -1.90. The number of rotatable bonds is 3. The van der Waals surface area contributed by atoms with E-state index < -0.39 is 0 Å². The van der Waals surface area contributed by atoms with Crippen molar-refractivity contribution in [3.05, 3.63) is 0 Å². The summed E-state index contributed by atoms with van der Waals surface area (Å²) in [5, 5.41) is 2.80. The van der Waals surface area contributed by atoms with E-state index in [2.05, 4.69) is 5.09 Å². The molecular weight excluding hydrogens is 109 g/mol. The Labute approximate surface area is 45.5 Å². The van der Waals surface area contributed by atoms with Gasteiger partial charge in [0.15, 0.2) is 5.52 Å². The van der Waals surface area contributed by atoms with E-state index >= 15 is 0 Å². The predicted molar refractivity (Wildman–Crippen MR) is 32.7 cm³/mol. The van der Waals surface area contributed by atoms with Gasteiger partial charge in [0.2, 0.25) is 0 Å². The number of carbonyl (C=O) groups is 1. The molecule has 42 valence electrons. The SMILES string of the molecule is CCC(=O)PNC. The Bertz CT molecular complexity index is 64.7.